The van der Waals surface area contributed by atoms with E-state index >= 15 is 0 Å². The van der Waals surface area contributed by atoms with E-state index in [-0.39, 0.29) is 18.5 Å². The molecule has 8 heteroatoms. The third kappa shape index (κ3) is 5.11. The molecule has 0 spiro atoms. The van der Waals surface area contributed by atoms with Crippen LogP contribution in [0.1, 0.15) is 49.2 Å². The lowest BCUT2D eigenvalue weighted by atomic mass is 9.82. The van der Waals surface area contributed by atoms with Gasteiger partial charge in [0.1, 0.15) is 10.7 Å². The van der Waals surface area contributed by atoms with E-state index in [4.69, 9.17) is 21.7 Å². The highest BCUT2D eigenvalue weighted by molar-refractivity contribution is 8.32. The number of fused-ring (bicyclic) bond motifs is 1. The molecule has 5 rings (SSSR count). The third-order valence-corrected chi connectivity index (χ3v) is 9.98. The fourth-order valence-electron chi connectivity index (χ4n) is 4.79. The van der Waals surface area contributed by atoms with Crippen molar-refractivity contribution in [1.29, 1.82) is 0 Å². The average molecular weight is 588 g/mol. The maximum absolute atomic E-state index is 14.0. The fraction of sp³-hybridized carbons (Fsp3) is 0.219. The van der Waals surface area contributed by atoms with Crippen molar-refractivity contribution in [3.8, 4) is 5.75 Å². The number of hydrogen-bond donors (Lipinski definition) is 0. The van der Waals surface area contributed by atoms with Crippen LogP contribution < -0.4 is 9.64 Å². The summed E-state index contributed by atoms with van der Waals surface area (Å²) in [6, 6.07) is 24.8. The number of esters is 1. The quantitative estimate of drug-likeness (QED) is 0.165. The molecule has 2 aliphatic heterocycles. The molecule has 0 saturated heterocycles. The monoisotopic (exact) mass is 587 g/mol. The van der Waals surface area contributed by atoms with Crippen LogP contribution in [0.15, 0.2) is 88.0 Å². The fourth-order valence-corrected chi connectivity index (χ4v) is 7.92. The number of thiocarbonyl (C=S) groups is 1. The summed E-state index contributed by atoms with van der Waals surface area (Å²) in [5.74, 6) is 0.188. The van der Waals surface area contributed by atoms with Gasteiger partial charge in [-0.2, -0.15) is 0 Å². The van der Waals surface area contributed by atoms with Crippen LogP contribution in [-0.4, -0.2) is 35.5 Å². The van der Waals surface area contributed by atoms with Crippen molar-refractivity contribution in [3.05, 3.63) is 105 Å². The van der Waals surface area contributed by atoms with Crippen molar-refractivity contribution < 1.29 is 19.1 Å². The van der Waals surface area contributed by atoms with Crippen LogP contribution in [0.25, 0.3) is 10.5 Å². The van der Waals surface area contributed by atoms with E-state index in [2.05, 4.69) is 0 Å². The molecule has 1 amide bonds. The lowest BCUT2D eigenvalue weighted by molar-refractivity contribution is -0.137. The highest BCUT2D eigenvalue weighted by Crippen LogP contribution is 2.59. The number of benzene rings is 3. The van der Waals surface area contributed by atoms with Gasteiger partial charge < -0.3 is 9.47 Å². The summed E-state index contributed by atoms with van der Waals surface area (Å²) in [6.45, 7) is 8.46. The van der Waals surface area contributed by atoms with Crippen LogP contribution in [0.2, 0.25) is 0 Å². The second-order valence-corrected chi connectivity index (χ2v) is 12.3. The van der Waals surface area contributed by atoms with Crippen LogP contribution >= 0.6 is 35.7 Å². The molecule has 204 valence electrons. The first kappa shape index (κ1) is 28.2. The summed E-state index contributed by atoms with van der Waals surface area (Å²) in [5.41, 5.74) is 3.06. The van der Waals surface area contributed by atoms with Gasteiger partial charge in [0, 0.05) is 21.6 Å². The lowest BCUT2D eigenvalue weighted by Crippen LogP contribution is -2.55. The van der Waals surface area contributed by atoms with Gasteiger partial charge in [-0.3, -0.25) is 9.69 Å². The molecule has 0 unspecified atom stereocenters. The Morgan fingerprint density at radius 3 is 2.23 bits per heavy atom. The first-order valence-corrected chi connectivity index (χ1v) is 15.1. The van der Waals surface area contributed by atoms with Crippen LogP contribution in [0, 0.1) is 0 Å². The Hall–Kier alpha value is -3.33. The number of amides is 1. The van der Waals surface area contributed by atoms with Gasteiger partial charge in [0.15, 0.2) is 0 Å². The van der Waals surface area contributed by atoms with Crippen LogP contribution in [0.3, 0.4) is 0 Å². The van der Waals surface area contributed by atoms with Crippen molar-refractivity contribution in [2.24, 2.45) is 0 Å². The summed E-state index contributed by atoms with van der Waals surface area (Å²) >= 11 is 9.08. The number of anilines is 1. The highest BCUT2D eigenvalue weighted by atomic mass is 32.2. The molecule has 0 saturated carbocycles. The van der Waals surface area contributed by atoms with E-state index < -0.39 is 5.54 Å². The molecule has 0 aromatic heterocycles. The van der Waals surface area contributed by atoms with Crippen molar-refractivity contribution in [1.82, 2.24) is 0 Å². The van der Waals surface area contributed by atoms with Gasteiger partial charge in [-0.25, -0.2) is 4.79 Å². The lowest BCUT2D eigenvalue weighted by Gasteiger charge is -2.45. The van der Waals surface area contributed by atoms with Gasteiger partial charge in [-0.1, -0.05) is 84.3 Å². The van der Waals surface area contributed by atoms with E-state index in [0.717, 1.165) is 31.5 Å². The number of carbonyl (C=O) groups is 2. The summed E-state index contributed by atoms with van der Waals surface area (Å²) in [6.07, 6.45) is 0. The van der Waals surface area contributed by atoms with Gasteiger partial charge >= 0.3 is 5.97 Å². The first-order valence-electron chi connectivity index (χ1n) is 13.1. The number of rotatable bonds is 6. The van der Waals surface area contributed by atoms with Gasteiger partial charge in [0.05, 0.1) is 33.5 Å². The second kappa shape index (κ2) is 11.6. The topological polar surface area (TPSA) is 55.8 Å². The summed E-state index contributed by atoms with van der Waals surface area (Å²) in [7, 11) is 0. The molecule has 2 heterocycles. The van der Waals surface area contributed by atoms with E-state index in [1.807, 2.05) is 99.6 Å². The maximum atomic E-state index is 14.0. The Morgan fingerprint density at radius 1 is 0.900 bits per heavy atom. The molecule has 3 aromatic rings. The standard InChI is InChI=1S/C32H29NO4S3/c1-5-36-22-17-18-24-23(19-22)25(28(38)32(3,4)33(24)29(34)21-15-11-8-12-16-21)31-39-26(20-13-9-7-10-14-20)27(40-31)30(35)37-6-2/h7-19H,5-6H2,1-4H3. The highest BCUT2D eigenvalue weighted by Gasteiger charge is 2.46. The molecule has 0 fully saturated rings. The Morgan fingerprint density at radius 2 is 1.57 bits per heavy atom. The molecule has 5 nitrogen and oxygen atoms in total. The van der Waals surface area contributed by atoms with Gasteiger partial charge in [0.2, 0.25) is 0 Å². The summed E-state index contributed by atoms with van der Waals surface area (Å²) in [4.78, 5) is 30.8. The van der Waals surface area contributed by atoms with E-state index in [1.165, 1.54) is 23.5 Å². The SMILES string of the molecule is CCOC(=O)C1=C(c2ccccc2)SC(=C2C(=S)C(C)(C)N(C(=O)c3ccccc3)c3ccc(OCC)cc32)S1. The van der Waals surface area contributed by atoms with Crippen molar-refractivity contribution in [2.45, 2.75) is 33.2 Å². The molecule has 40 heavy (non-hydrogen) atoms. The van der Waals surface area contributed by atoms with Crippen molar-refractivity contribution in [2.75, 3.05) is 18.1 Å². The molecule has 0 radical (unpaired) electrons. The Labute approximate surface area is 248 Å². The molecular formula is C32H29NO4S3. The van der Waals surface area contributed by atoms with Gasteiger partial charge in [-0.15, -0.1) is 0 Å². The maximum Gasteiger partial charge on any atom is 0.346 e. The summed E-state index contributed by atoms with van der Waals surface area (Å²) < 4.78 is 12.2. The zero-order valence-corrected chi connectivity index (χ0v) is 25.2. The molecule has 0 atom stereocenters. The first-order chi connectivity index (χ1) is 19.3. The number of thioether (sulfide) groups is 2. The van der Waals surface area contributed by atoms with E-state index in [9.17, 15) is 9.59 Å². The summed E-state index contributed by atoms with van der Waals surface area (Å²) in [5, 5.41) is 0. The molecule has 2 aliphatic rings. The molecule has 3 aromatic carbocycles. The van der Waals surface area contributed by atoms with Crippen LogP contribution in [-0.2, 0) is 9.53 Å². The number of nitrogens with zero attached hydrogens (tertiary/aromatic N) is 1. The van der Waals surface area contributed by atoms with Crippen molar-refractivity contribution >= 4 is 68.6 Å². The minimum Gasteiger partial charge on any atom is -0.494 e. The second-order valence-electron chi connectivity index (χ2n) is 9.62. The van der Waals surface area contributed by atoms with Crippen molar-refractivity contribution in [3.63, 3.8) is 0 Å². The van der Waals surface area contributed by atoms with Gasteiger partial charge in [0.25, 0.3) is 5.91 Å². The molecule has 0 N–H and O–H groups in total. The smallest absolute Gasteiger partial charge is 0.346 e. The minimum atomic E-state index is -0.828. The number of carbonyl (C=O) groups excluding carboxylic acids is 2. The zero-order valence-electron chi connectivity index (χ0n) is 22.7. The van der Waals surface area contributed by atoms with Gasteiger partial charge in [-0.05, 0) is 63.6 Å². The molecular weight excluding hydrogens is 559 g/mol. The predicted octanol–water partition coefficient (Wildman–Crippen LogP) is 7.97. The number of hydrogen-bond acceptors (Lipinski definition) is 7. The minimum absolute atomic E-state index is 0.135. The Kier molecular flexibility index (Phi) is 8.21. The van der Waals surface area contributed by atoms with Crippen LogP contribution in [0.5, 0.6) is 5.75 Å². The van der Waals surface area contributed by atoms with E-state index in [0.29, 0.717) is 27.7 Å². The predicted molar refractivity (Wildman–Crippen MR) is 170 cm³/mol. The van der Waals surface area contributed by atoms with Crippen LogP contribution in [0.4, 0.5) is 5.69 Å². The largest absolute Gasteiger partial charge is 0.494 e. The molecule has 0 aliphatic carbocycles. The van der Waals surface area contributed by atoms with E-state index in [1.54, 1.807) is 11.8 Å². The Balaban J connectivity index is 1.70. The third-order valence-electron chi connectivity index (χ3n) is 6.65. The normalized spacial score (nSPS) is 18.0. The number of ether oxygens (including phenoxy) is 2. The Bertz CT molecular complexity index is 1540. The molecule has 0 bridgehead atoms. The average Bonchev–Trinajstić information content (AvgIpc) is 3.40. The zero-order chi connectivity index (χ0) is 28.4.